The number of rotatable bonds is 5. The predicted octanol–water partition coefficient (Wildman–Crippen LogP) is 2.85. The number of anilines is 1. The summed E-state index contributed by atoms with van der Waals surface area (Å²) in [7, 11) is 1.55. The average molecular weight is 393 g/mol. The molecule has 4 rings (SSSR count). The number of hydrogen-bond acceptors (Lipinski definition) is 6. The number of nitrogens with one attached hydrogen (secondary N) is 1. The first-order valence-electron chi connectivity index (χ1n) is 9.00. The number of benzene rings is 2. The van der Waals surface area contributed by atoms with Gasteiger partial charge in [0, 0.05) is 23.4 Å². The SMILES string of the molecule is COc1cccc(NC(=O)C(C)n2nc(-c3ccc4c(c3)OCO4)ccc2=O)c1. The molecule has 2 aromatic carbocycles. The van der Waals surface area contributed by atoms with E-state index in [1.165, 1.54) is 6.07 Å². The minimum atomic E-state index is -0.817. The van der Waals surface area contributed by atoms with Gasteiger partial charge in [0.25, 0.3) is 5.56 Å². The fourth-order valence-electron chi connectivity index (χ4n) is 2.97. The van der Waals surface area contributed by atoms with E-state index in [0.29, 0.717) is 28.6 Å². The third-order valence-corrected chi connectivity index (χ3v) is 4.58. The van der Waals surface area contributed by atoms with Crippen molar-refractivity contribution >= 4 is 11.6 Å². The fraction of sp³-hybridized carbons (Fsp3) is 0.190. The van der Waals surface area contributed by atoms with Crippen LogP contribution in [-0.4, -0.2) is 29.6 Å². The van der Waals surface area contributed by atoms with Crippen molar-refractivity contribution in [3.63, 3.8) is 0 Å². The lowest BCUT2D eigenvalue weighted by Crippen LogP contribution is -2.33. The Hall–Kier alpha value is -3.81. The zero-order valence-electron chi connectivity index (χ0n) is 15.9. The molecule has 1 aliphatic heterocycles. The molecule has 0 aliphatic carbocycles. The fourth-order valence-corrected chi connectivity index (χ4v) is 2.97. The number of carbonyl (C=O) groups is 1. The smallest absolute Gasteiger partial charge is 0.267 e. The van der Waals surface area contributed by atoms with Gasteiger partial charge in [-0.1, -0.05) is 6.07 Å². The highest BCUT2D eigenvalue weighted by Crippen LogP contribution is 2.35. The van der Waals surface area contributed by atoms with Crippen LogP contribution in [0, 0.1) is 0 Å². The van der Waals surface area contributed by atoms with Crippen LogP contribution in [-0.2, 0) is 4.79 Å². The molecule has 8 heteroatoms. The molecule has 0 fully saturated rings. The van der Waals surface area contributed by atoms with Crippen LogP contribution in [0.1, 0.15) is 13.0 Å². The van der Waals surface area contributed by atoms with E-state index in [1.807, 2.05) is 6.07 Å². The zero-order chi connectivity index (χ0) is 20.4. The Morgan fingerprint density at radius 3 is 2.79 bits per heavy atom. The molecule has 1 aromatic heterocycles. The molecule has 0 radical (unpaired) electrons. The van der Waals surface area contributed by atoms with Gasteiger partial charge in [-0.25, -0.2) is 4.68 Å². The molecule has 0 saturated carbocycles. The maximum atomic E-state index is 12.7. The number of aromatic nitrogens is 2. The second-order valence-electron chi connectivity index (χ2n) is 6.47. The van der Waals surface area contributed by atoms with E-state index in [2.05, 4.69) is 10.4 Å². The quantitative estimate of drug-likeness (QED) is 0.717. The van der Waals surface area contributed by atoms with E-state index in [9.17, 15) is 9.59 Å². The summed E-state index contributed by atoms with van der Waals surface area (Å²) in [6.45, 7) is 1.79. The first-order chi connectivity index (χ1) is 14.0. The Morgan fingerprint density at radius 2 is 1.97 bits per heavy atom. The Bertz CT molecular complexity index is 1130. The minimum Gasteiger partial charge on any atom is -0.497 e. The van der Waals surface area contributed by atoms with Crippen molar-refractivity contribution in [1.29, 1.82) is 0 Å². The van der Waals surface area contributed by atoms with Gasteiger partial charge in [-0.2, -0.15) is 5.10 Å². The number of nitrogens with zero attached hydrogens (tertiary/aromatic N) is 2. The molecule has 1 atom stereocenters. The lowest BCUT2D eigenvalue weighted by atomic mass is 10.1. The second kappa shape index (κ2) is 7.67. The molecule has 8 nitrogen and oxygen atoms in total. The molecule has 1 aliphatic rings. The molecular formula is C21H19N3O5. The summed E-state index contributed by atoms with van der Waals surface area (Å²) in [6, 6.07) is 14.6. The van der Waals surface area contributed by atoms with E-state index in [0.717, 1.165) is 10.2 Å². The van der Waals surface area contributed by atoms with Crippen LogP contribution in [0.3, 0.4) is 0 Å². The Kier molecular flexibility index (Phi) is 4.90. The van der Waals surface area contributed by atoms with Crippen molar-refractivity contribution in [2.45, 2.75) is 13.0 Å². The normalized spacial score (nSPS) is 13.0. The second-order valence-corrected chi connectivity index (χ2v) is 6.47. The molecule has 1 N–H and O–H groups in total. The van der Waals surface area contributed by atoms with Crippen molar-refractivity contribution in [3.8, 4) is 28.5 Å². The zero-order valence-corrected chi connectivity index (χ0v) is 15.9. The lowest BCUT2D eigenvalue weighted by molar-refractivity contribution is -0.119. The summed E-state index contributed by atoms with van der Waals surface area (Å²) in [6.07, 6.45) is 0. The molecule has 148 valence electrons. The monoisotopic (exact) mass is 393 g/mol. The Balaban J connectivity index is 1.59. The van der Waals surface area contributed by atoms with Gasteiger partial charge in [0.1, 0.15) is 11.8 Å². The van der Waals surface area contributed by atoms with Crippen LogP contribution in [0.25, 0.3) is 11.3 Å². The summed E-state index contributed by atoms with van der Waals surface area (Å²) in [5.41, 5.74) is 1.50. The molecule has 3 aromatic rings. The van der Waals surface area contributed by atoms with E-state index < -0.39 is 6.04 Å². The number of fused-ring (bicyclic) bond motifs is 1. The molecule has 0 saturated heterocycles. The number of hydrogen-bond donors (Lipinski definition) is 1. The van der Waals surface area contributed by atoms with Crippen LogP contribution in [0.15, 0.2) is 59.4 Å². The summed E-state index contributed by atoms with van der Waals surface area (Å²) in [5.74, 6) is 1.53. The minimum absolute atomic E-state index is 0.174. The van der Waals surface area contributed by atoms with Gasteiger partial charge in [0.15, 0.2) is 11.5 Å². The third kappa shape index (κ3) is 3.77. The Labute approximate surface area is 166 Å². The van der Waals surface area contributed by atoms with Crippen molar-refractivity contribution < 1.29 is 19.0 Å². The van der Waals surface area contributed by atoms with Gasteiger partial charge in [-0.15, -0.1) is 0 Å². The average Bonchev–Trinajstić information content (AvgIpc) is 3.21. The number of ether oxygens (including phenoxy) is 3. The number of methoxy groups -OCH3 is 1. The molecule has 0 spiro atoms. The van der Waals surface area contributed by atoms with Crippen molar-refractivity contribution in [3.05, 3.63) is 65.0 Å². The van der Waals surface area contributed by atoms with Crippen molar-refractivity contribution in [2.75, 3.05) is 19.2 Å². The predicted molar refractivity (Wildman–Crippen MR) is 106 cm³/mol. The summed E-state index contributed by atoms with van der Waals surface area (Å²) < 4.78 is 17.0. The maximum Gasteiger partial charge on any atom is 0.267 e. The highest BCUT2D eigenvalue weighted by molar-refractivity contribution is 5.93. The van der Waals surface area contributed by atoms with Crippen LogP contribution in [0.5, 0.6) is 17.2 Å². The van der Waals surface area contributed by atoms with Crippen LogP contribution >= 0.6 is 0 Å². The van der Waals surface area contributed by atoms with Gasteiger partial charge in [0.05, 0.1) is 12.8 Å². The maximum absolute atomic E-state index is 12.7. The van der Waals surface area contributed by atoms with Crippen LogP contribution in [0.4, 0.5) is 5.69 Å². The van der Waals surface area contributed by atoms with Crippen LogP contribution in [0.2, 0.25) is 0 Å². The summed E-state index contributed by atoms with van der Waals surface area (Å²) in [4.78, 5) is 25.0. The van der Waals surface area contributed by atoms with Gasteiger partial charge < -0.3 is 19.5 Å². The molecule has 0 bridgehead atoms. The largest absolute Gasteiger partial charge is 0.497 e. The molecule has 29 heavy (non-hydrogen) atoms. The molecule has 2 heterocycles. The van der Waals surface area contributed by atoms with Gasteiger partial charge in [0.2, 0.25) is 12.7 Å². The third-order valence-electron chi connectivity index (χ3n) is 4.58. The lowest BCUT2D eigenvalue weighted by Gasteiger charge is -2.15. The highest BCUT2D eigenvalue weighted by atomic mass is 16.7. The van der Waals surface area contributed by atoms with Gasteiger partial charge in [-0.3, -0.25) is 9.59 Å². The molecular weight excluding hydrogens is 374 g/mol. The van der Waals surface area contributed by atoms with Crippen molar-refractivity contribution in [1.82, 2.24) is 9.78 Å². The summed E-state index contributed by atoms with van der Waals surface area (Å²) in [5, 5.41) is 7.17. The first kappa shape index (κ1) is 18.5. The topological polar surface area (TPSA) is 91.7 Å². The van der Waals surface area contributed by atoms with Crippen molar-refractivity contribution in [2.24, 2.45) is 0 Å². The van der Waals surface area contributed by atoms with E-state index in [-0.39, 0.29) is 18.3 Å². The van der Waals surface area contributed by atoms with Gasteiger partial charge in [-0.05, 0) is 43.3 Å². The highest BCUT2D eigenvalue weighted by Gasteiger charge is 2.19. The van der Waals surface area contributed by atoms with E-state index in [1.54, 1.807) is 56.5 Å². The Morgan fingerprint density at radius 1 is 1.14 bits per heavy atom. The van der Waals surface area contributed by atoms with Gasteiger partial charge >= 0.3 is 0 Å². The van der Waals surface area contributed by atoms with Crippen LogP contribution < -0.4 is 25.1 Å². The van der Waals surface area contributed by atoms with E-state index in [4.69, 9.17) is 14.2 Å². The van der Waals surface area contributed by atoms with E-state index >= 15 is 0 Å². The number of amides is 1. The summed E-state index contributed by atoms with van der Waals surface area (Å²) >= 11 is 0. The molecule has 1 amide bonds. The standard InChI is InChI=1S/C21H19N3O5/c1-13(21(26)22-15-4-3-5-16(11-15)27-2)24-20(25)9-7-17(23-24)14-6-8-18-19(10-14)29-12-28-18/h3-11,13H,12H2,1-2H3,(H,22,26). The number of carbonyl (C=O) groups excluding carboxylic acids is 1. The first-order valence-corrected chi connectivity index (χ1v) is 9.00. The molecule has 1 unspecified atom stereocenters.